The van der Waals surface area contributed by atoms with Crippen LogP contribution in [0.3, 0.4) is 0 Å². The summed E-state index contributed by atoms with van der Waals surface area (Å²) in [4.78, 5) is 0. The van der Waals surface area contributed by atoms with Crippen LogP contribution in [0.2, 0.25) is 0 Å². The van der Waals surface area contributed by atoms with Gasteiger partial charge in [0.15, 0.2) is 0 Å². The molecule has 0 aliphatic heterocycles. The summed E-state index contributed by atoms with van der Waals surface area (Å²) in [6, 6.07) is 25.8. The van der Waals surface area contributed by atoms with Crippen molar-refractivity contribution >= 4 is 10.8 Å². The molecule has 0 aliphatic carbocycles. The SMILES string of the molecule is C/C=C/CCc1ccc(C#Cc2ccc(C#Cc3ccc4cc(CC/C=C/C)ccc4c3F)cc2)cc1. The Bertz CT molecular complexity index is 1530. The Labute approximate surface area is 220 Å². The zero-order chi connectivity index (χ0) is 25.9. The van der Waals surface area contributed by atoms with Crippen molar-refractivity contribution in [2.75, 3.05) is 0 Å². The van der Waals surface area contributed by atoms with E-state index in [1.807, 2.05) is 56.3 Å². The van der Waals surface area contributed by atoms with Crippen LogP contribution in [0, 0.1) is 29.5 Å². The lowest BCUT2D eigenvalue weighted by Gasteiger charge is -2.05. The highest BCUT2D eigenvalue weighted by molar-refractivity contribution is 5.85. The second-order valence-corrected chi connectivity index (χ2v) is 8.97. The van der Waals surface area contributed by atoms with Crippen molar-refractivity contribution < 1.29 is 4.39 Å². The van der Waals surface area contributed by atoms with Gasteiger partial charge < -0.3 is 0 Å². The number of rotatable bonds is 6. The lowest BCUT2D eigenvalue weighted by molar-refractivity contribution is 0.636. The van der Waals surface area contributed by atoms with Gasteiger partial charge in [0.25, 0.3) is 0 Å². The molecule has 0 fully saturated rings. The topological polar surface area (TPSA) is 0 Å². The maximum absolute atomic E-state index is 15.1. The van der Waals surface area contributed by atoms with Crippen molar-refractivity contribution in [3.63, 3.8) is 0 Å². The Morgan fingerprint density at radius 3 is 1.70 bits per heavy atom. The summed E-state index contributed by atoms with van der Waals surface area (Å²) in [7, 11) is 0. The molecule has 0 spiro atoms. The van der Waals surface area contributed by atoms with Crippen molar-refractivity contribution in [1.82, 2.24) is 0 Å². The molecule has 37 heavy (non-hydrogen) atoms. The van der Waals surface area contributed by atoms with E-state index in [0.29, 0.717) is 10.9 Å². The summed E-state index contributed by atoms with van der Waals surface area (Å²) in [6.45, 7) is 4.07. The van der Waals surface area contributed by atoms with E-state index in [0.717, 1.165) is 47.8 Å². The molecule has 0 heterocycles. The molecule has 4 rings (SSSR count). The van der Waals surface area contributed by atoms with Crippen LogP contribution in [0.25, 0.3) is 10.8 Å². The van der Waals surface area contributed by atoms with Crippen molar-refractivity contribution in [2.45, 2.75) is 39.5 Å². The van der Waals surface area contributed by atoms with E-state index in [4.69, 9.17) is 0 Å². The van der Waals surface area contributed by atoms with Gasteiger partial charge >= 0.3 is 0 Å². The molecule has 0 radical (unpaired) electrons. The molecule has 0 atom stereocenters. The van der Waals surface area contributed by atoms with Gasteiger partial charge in [-0.2, -0.15) is 0 Å². The van der Waals surface area contributed by atoms with Crippen LogP contribution >= 0.6 is 0 Å². The van der Waals surface area contributed by atoms with Gasteiger partial charge in [0.1, 0.15) is 5.82 Å². The molecule has 182 valence electrons. The van der Waals surface area contributed by atoms with Crippen LogP contribution in [0.5, 0.6) is 0 Å². The van der Waals surface area contributed by atoms with E-state index in [1.54, 1.807) is 6.07 Å². The number of halogens is 1. The average molecular weight is 483 g/mol. The maximum atomic E-state index is 15.1. The molecule has 0 saturated heterocycles. The Balaban J connectivity index is 1.43. The van der Waals surface area contributed by atoms with Crippen molar-refractivity contribution in [3.8, 4) is 23.7 Å². The third kappa shape index (κ3) is 7.33. The quantitative estimate of drug-likeness (QED) is 0.190. The van der Waals surface area contributed by atoms with Crippen LogP contribution in [-0.4, -0.2) is 0 Å². The fraction of sp³-hybridized carbons (Fsp3) is 0.167. The highest BCUT2D eigenvalue weighted by Crippen LogP contribution is 2.23. The standard InChI is InChI=1S/C36H31F/c1-3-5-7-9-28-11-13-29(14-12-28)15-16-30-17-19-31(20-18-30)21-23-33-24-25-34-27-32(10-8-6-4-2)22-26-35(34)36(33)37/h3-6,11-14,17-20,22,24-27H,7-10H2,1-2H3/b5-3+,6-4+. The lowest BCUT2D eigenvalue weighted by atomic mass is 10.0. The summed E-state index contributed by atoms with van der Waals surface area (Å²) >= 11 is 0. The number of fused-ring (bicyclic) bond motifs is 1. The Hall–Kier alpha value is -4.33. The zero-order valence-corrected chi connectivity index (χ0v) is 21.5. The molecular weight excluding hydrogens is 451 g/mol. The summed E-state index contributed by atoms with van der Waals surface area (Å²) in [5.41, 5.74) is 5.69. The van der Waals surface area contributed by atoms with E-state index < -0.39 is 0 Å². The average Bonchev–Trinajstić information content (AvgIpc) is 2.93. The predicted molar refractivity (Wildman–Crippen MR) is 155 cm³/mol. The fourth-order valence-electron chi connectivity index (χ4n) is 4.10. The molecule has 1 heteroatoms. The fourth-order valence-corrected chi connectivity index (χ4v) is 4.10. The lowest BCUT2D eigenvalue weighted by Crippen LogP contribution is -1.89. The normalized spacial score (nSPS) is 10.9. The molecule has 0 bridgehead atoms. The Kier molecular flexibility index (Phi) is 9.12. The first-order valence-corrected chi connectivity index (χ1v) is 12.8. The second-order valence-electron chi connectivity index (χ2n) is 8.97. The van der Waals surface area contributed by atoms with Crippen LogP contribution in [-0.2, 0) is 12.8 Å². The predicted octanol–water partition coefficient (Wildman–Crippen LogP) is 8.80. The Morgan fingerprint density at radius 1 is 0.595 bits per heavy atom. The van der Waals surface area contributed by atoms with Gasteiger partial charge in [0, 0.05) is 22.1 Å². The highest BCUT2D eigenvalue weighted by Gasteiger charge is 2.06. The minimum atomic E-state index is -0.264. The van der Waals surface area contributed by atoms with Crippen molar-refractivity contribution in [1.29, 1.82) is 0 Å². The molecule has 4 aromatic rings. The largest absolute Gasteiger partial charge is 0.205 e. The molecule has 0 amide bonds. The van der Waals surface area contributed by atoms with E-state index in [-0.39, 0.29) is 5.82 Å². The number of hydrogen-bond donors (Lipinski definition) is 0. The molecule has 0 aromatic heterocycles. The molecule has 0 nitrogen and oxygen atoms in total. The summed E-state index contributed by atoms with van der Waals surface area (Å²) in [5.74, 6) is 12.3. The van der Waals surface area contributed by atoms with Gasteiger partial charge in [-0.05, 0) is 98.5 Å². The first-order chi connectivity index (χ1) is 18.2. The van der Waals surface area contributed by atoms with Crippen LogP contribution in [0.15, 0.2) is 103 Å². The van der Waals surface area contributed by atoms with Gasteiger partial charge in [-0.15, -0.1) is 0 Å². The van der Waals surface area contributed by atoms with Crippen LogP contribution in [0.4, 0.5) is 4.39 Å². The van der Waals surface area contributed by atoms with Gasteiger partial charge in [-0.1, -0.05) is 84.4 Å². The van der Waals surface area contributed by atoms with Gasteiger partial charge in [0.2, 0.25) is 0 Å². The summed E-state index contributed by atoms with van der Waals surface area (Å²) in [6.07, 6.45) is 12.5. The van der Waals surface area contributed by atoms with Gasteiger partial charge in [-0.25, -0.2) is 4.39 Å². The zero-order valence-electron chi connectivity index (χ0n) is 21.5. The summed E-state index contributed by atoms with van der Waals surface area (Å²) < 4.78 is 15.1. The van der Waals surface area contributed by atoms with Gasteiger partial charge in [-0.3, -0.25) is 0 Å². The number of benzene rings is 4. The number of hydrogen-bond acceptors (Lipinski definition) is 0. The highest BCUT2D eigenvalue weighted by atomic mass is 19.1. The second kappa shape index (κ2) is 13.1. The van der Waals surface area contributed by atoms with E-state index in [9.17, 15) is 0 Å². The first kappa shape index (κ1) is 25.8. The van der Waals surface area contributed by atoms with Crippen LogP contribution < -0.4 is 0 Å². The van der Waals surface area contributed by atoms with Gasteiger partial charge in [0.05, 0.1) is 5.56 Å². The number of aryl methyl sites for hydroxylation is 2. The van der Waals surface area contributed by atoms with E-state index in [2.05, 4.69) is 78.3 Å². The van der Waals surface area contributed by atoms with E-state index in [1.165, 1.54) is 11.1 Å². The monoisotopic (exact) mass is 482 g/mol. The third-order valence-electron chi connectivity index (χ3n) is 6.22. The smallest absolute Gasteiger partial charge is 0.146 e. The van der Waals surface area contributed by atoms with Crippen molar-refractivity contribution in [2.24, 2.45) is 0 Å². The molecule has 0 N–H and O–H groups in total. The first-order valence-electron chi connectivity index (χ1n) is 12.8. The minimum absolute atomic E-state index is 0.264. The van der Waals surface area contributed by atoms with Crippen molar-refractivity contribution in [3.05, 3.63) is 142 Å². The summed E-state index contributed by atoms with van der Waals surface area (Å²) in [5, 5.41) is 1.52. The minimum Gasteiger partial charge on any atom is -0.205 e. The maximum Gasteiger partial charge on any atom is 0.146 e. The molecular formula is C36H31F. The molecule has 0 unspecified atom stereocenters. The molecule has 0 saturated carbocycles. The van der Waals surface area contributed by atoms with E-state index >= 15 is 4.39 Å². The Morgan fingerprint density at radius 2 is 1.11 bits per heavy atom. The molecule has 0 aliphatic rings. The number of allylic oxidation sites excluding steroid dienone is 4. The third-order valence-corrected chi connectivity index (χ3v) is 6.22. The van der Waals surface area contributed by atoms with Crippen LogP contribution in [0.1, 0.15) is 60.1 Å². The molecule has 4 aromatic carbocycles.